The first-order valence-corrected chi connectivity index (χ1v) is 8.45. The molecule has 0 amide bonds. The van der Waals surface area contributed by atoms with Crippen LogP contribution in [-0.2, 0) is 6.54 Å². The van der Waals surface area contributed by atoms with Gasteiger partial charge in [-0.05, 0) is 69.1 Å². The van der Waals surface area contributed by atoms with E-state index in [9.17, 15) is 4.39 Å². The molecule has 2 aromatic carbocycles. The summed E-state index contributed by atoms with van der Waals surface area (Å²) >= 11 is 5.58. The lowest BCUT2D eigenvalue weighted by molar-refractivity contribution is 0.346. The van der Waals surface area contributed by atoms with Crippen LogP contribution in [0.5, 0.6) is 0 Å². The van der Waals surface area contributed by atoms with Gasteiger partial charge < -0.3 is 15.1 Å². The third-order valence-corrected chi connectivity index (χ3v) is 3.99. The molecule has 3 nitrogen and oxygen atoms in total. The first-order chi connectivity index (χ1) is 11.5. The number of hydrogen-bond acceptors (Lipinski definition) is 2. The Labute approximate surface area is 149 Å². The molecule has 0 radical (unpaired) electrons. The molecule has 0 heterocycles. The zero-order chi connectivity index (χ0) is 17.4. The van der Waals surface area contributed by atoms with E-state index in [1.807, 2.05) is 18.2 Å². The normalized spacial score (nSPS) is 10.7. The summed E-state index contributed by atoms with van der Waals surface area (Å²) < 4.78 is 13.0. The van der Waals surface area contributed by atoms with Crippen molar-refractivity contribution < 1.29 is 4.39 Å². The molecule has 2 aromatic rings. The zero-order valence-electron chi connectivity index (χ0n) is 14.2. The fraction of sp³-hybridized carbons (Fsp3) is 0.316. The molecule has 5 heteroatoms. The van der Waals surface area contributed by atoms with Crippen LogP contribution in [0.4, 0.5) is 10.1 Å². The highest BCUT2D eigenvalue weighted by Gasteiger charge is 2.11. The molecule has 0 spiro atoms. The van der Waals surface area contributed by atoms with Crippen LogP contribution in [0, 0.1) is 5.82 Å². The Morgan fingerprint density at radius 3 is 2.29 bits per heavy atom. The summed E-state index contributed by atoms with van der Waals surface area (Å²) in [5.41, 5.74) is 2.01. The standard InChI is InChI=1S/C19H24FN3S/c1-22(2)13-6-14-23(15-16-7-4-3-5-8-16)19(24)21-18-11-9-17(20)10-12-18/h3-5,7-12H,6,13-15H2,1-2H3,(H,21,24). The second-order valence-corrected chi connectivity index (χ2v) is 6.39. The highest BCUT2D eigenvalue weighted by atomic mass is 32.1. The fourth-order valence-electron chi connectivity index (χ4n) is 2.37. The van der Waals surface area contributed by atoms with Crippen molar-refractivity contribution in [3.63, 3.8) is 0 Å². The summed E-state index contributed by atoms with van der Waals surface area (Å²) in [6.07, 6.45) is 1.02. The smallest absolute Gasteiger partial charge is 0.173 e. The van der Waals surface area contributed by atoms with Crippen LogP contribution in [0.3, 0.4) is 0 Å². The predicted octanol–water partition coefficient (Wildman–Crippen LogP) is 3.98. The van der Waals surface area contributed by atoms with Crippen molar-refractivity contribution in [3.05, 3.63) is 66.0 Å². The van der Waals surface area contributed by atoms with E-state index in [4.69, 9.17) is 12.2 Å². The molecule has 0 bridgehead atoms. The van der Waals surface area contributed by atoms with Crippen molar-refractivity contribution in [1.29, 1.82) is 0 Å². The number of rotatable bonds is 7. The highest BCUT2D eigenvalue weighted by molar-refractivity contribution is 7.80. The largest absolute Gasteiger partial charge is 0.345 e. The minimum Gasteiger partial charge on any atom is -0.345 e. The van der Waals surface area contributed by atoms with Gasteiger partial charge in [-0.25, -0.2) is 4.39 Å². The summed E-state index contributed by atoms with van der Waals surface area (Å²) in [7, 11) is 4.13. The molecule has 2 rings (SSSR count). The molecule has 0 unspecified atom stereocenters. The lowest BCUT2D eigenvalue weighted by Crippen LogP contribution is -2.36. The van der Waals surface area contributed by atoms with Gasteiger partial charge in [-0.2, -0.15) is 0 Å². The molecular formula is C19H24FN3S. The van der Waals surface area contributed by atoms with E-state index >= 15 is 0 Å². The van der Waals surface area contributed by atoms with Crippen molar-refractivity contribution in [2.24, 2.45) is 0 Å². The molecular weight excluding hydrogens is 321 g/mol. The van der Waals surface area contributed by atoms with Gasteiger partial charge in [-0.1, -0.05) is 30.3 Å². The number of benzene rings is 2. The first kappa shape index (κ1) is 18.4. The molecule has 0 aliphatic heterocycles. The molecule has 0 fully saturated rings. The number of nitrogens with zero attached hydrogens (tertiary/aromatic N) is 2. The van der Waals surface area contributed by atoms with Gasteiger partial charge in [-0.15, -0.1) is 0 Å². The molecule has 24 heavy (non-hydrogen) atoms. The van der Waals surface area contributed by atoms with Crippen molar-refractivity contribution in [1.82, 2.24) is 9.80 Å². The van der Waals surface area contributed by atoms with Crippen LogP contribution in [0.25, 0.3) is 0 Å². The Morgan fingerprint density at radius 2 is 1.67 bits per heavy atom. The van der Waals surface area contributed by atoms with Crippen molar-refractivity contribution in [2.75, 3.05) is 32.5 Å². The molecule has 0 saturated carbocycles. The van der Waals surface area contributed by atoms with Crippen LogP contribution >= 0.6 is 12.2 Å². The monoisotopic (exact) mass is 345 g/mol. The first-order valence-electron chi connectivity index (χ1n) is 8.05. The third-order valence-electron chi connectivity index (χ3n) is 3.63. The Kier molecular flexibility index (Phi) is 7.15. The highest BCUT2D eigenvalue weighted by Crippen LogP contribution is 2.12. The van der Waals surface area contributed by atoms with E-state index in [0.717, 1.165) is 31.7 Å². The maximum absolute atomic E-state index is 13.0. The fourth-order valence-corrected chi connectivity index (χ4v) is 2.64. The van der Waals surface area contributed by atoms with Gasteiger partial charge in [0, 0.05) is 18.8 Å². The second-order valence-electron chi connectivity index (χ2n) is 6.00. The molecule has 128 valence electrons. The van der Waals surface area contributed by atoms with Crippen molar-refractivity contribution in [3.8, 4) is 0 Å². The van der Waals surface area contributed by atoms with Gasteiger partial charge in [0.15, 0.2) is 5.11 Å². The van der Waals surface area contributed by atoms with Gasteiger partial charge in [0.2, 0.25) is 0 Å². The van der Waals surface area contributed by atoms with Gasteiger partial charge in [0.1, 0.15) is 5.82 Å². The van der Waals surface area contributed by atoms with E-state index in [2.05, 4.69) is 41.3 Å². The number of nitrogens with one attached hydrogen (secondary N) is 1. The van der Waals surface area contributed by atoms with E-state index in [-0.39, 0.29) is 5.82 Å². The molecule has 0 atom stereocenters. The van der Waals surface area contributed by atoms with Crippen molar-refractivity contribution in [2.45, 2.75) is 13.0 Å². The Hall–Kier alpha value is -1.98. The molecule has 0 saturated heterocycles. The van der Waals surface area contributed by atoms with E-state index < -0.39 is 0 Å². The Morgan fingerprint density at radius 1 is 1.00 bits per heavy atom. The SMILES string of the molecule is CN(C)CCCN(Cc1ccccc1)C(=S)Nc1ccc(F)cc1. The maximum atomic E-state index is 13.0. The predicted molar refractivity (Wildman–Crippen MR) is 103 cm³/mol. The maximum Gasteiger partial charge on any atom is 0.173 e. The number of hydrogen-bond donors (Lipinski definition) is 1. The summed E-state index contributed by atoms with van der Waals surface area (Å²) in [5.74, 6) is -0.251. The zero-order valence-corrected chi connectivity index (χ0v) is 15.0. The average Bonchev–Trinajstić information content (AvgIpc) is 2.56. The lowest BCUT2D eigenvalue weighted by atomic mass is 10.2. The molecule has 0 aliphatic carbocycles. The Bertz CT molecular complexity index is 629. The summed E-state index contributed by atoms with van der Waals surface area (Å²) in [4.78, 5) is 4.31. The lowest BCUT2D eigenvalue weighted by Gasteiger charge is -2.26. The van der Waals surface area contributed by atoms with Crippen molar-refractivity contribution >= 4 is 23.0 Å². The van der Waals surface area contributed by atoms with E-state index in [1.165, 1.54) is 17.7 Å². The van der Waals surface area contributed by atoms with Crippen LogP contribution in [-0.4, -0.2) is 42.1 Å². The minimum absolute atomic E-state index is 0.251. The van der Waals surface area contributed by atoms with Crippen LogP contribution in [0.2, 0.25) is 0 Å². The van der Waals surface area contributed by atoms with E-state index in [1.54, 1.807) is 12.1 Å². The Balaban J connectivity index is 2.02. The topological polar surface area (TPSA) is 18.5 Å². The average molecular weight is 345 g/mol. The molecule has 0 aromatic heterocycles. The number of anilines is 1. The van der Waals surface area contributed by atoms with Crippen LogP contribution in [0.15, 0.2) is 54.6 Å². The van der Waals surface area contributed by atoms with Gasteiger partial charge >= 0.3 is 0 Å². The molecule has 1 N–H and O–H groups in total. The minimum atomic E-state index is -0.251. The number of thiocarbonyl (C=S) groups is 1. The number of halogens is 1. The quantitative estimate of drug-likeness (QED) is 0.765. The second kappa shape index (κ2) is 9.35. The summed E-state index contributed by atoms with van der Waals surface area (Å²) in [6.45, 7) is 2.62. The summed E-state index contributed by atoms with van der Waals surface area (Å²) in [5, 5.41) is 3.86. The van der Waals surface area contributed by atoms with Gasteiger partial charge in [-0.3, -0.25) is 0 Å². The van der Waals surface area contributed by atoms with Gasteiger partial charge in [0.05, 0.1) is 0 Å². The van der Waals surface area contributed by atoms with Crippen LogP contribution < -0.4 is 5.32 Å². The van der Waals surface area contributed by atoms with Crippen LogP contribution in [0.1, 0.15) is 12.0 Å². The van der Waals surface area contributed by atoms with E-state index in [0.29, 0.717) is 5.11 Å². The third kappa shape index (κ3) is 6.26. The summed E-state index contributed by atoms with van der Waals surface area (Å²) in [6, 6.07) is 16.5. The molecule has 0 aliphatic rings. The van der Waals surface area contributed by atoms with Gasteiger partial charge in [0.25, 0.3) is 0 Å².